The average molecular weight is 427 g/mol. The highest BCUT2D eigenvalue weighted by Gasteiger charge is 2.12. The number of anilines is 1. The summed E-state index contributed by atoms with van der Waals surface area (Å²) in [7, 11) is 0. The van der Waals surface area contributed by atoms with Gasteiger partial charge in [0.1, 0.15) is 5.82 Å². The highest BCUT2D eigenvalue weighted by Crippen LogP contribution is 2.37. The zero-order valence-corrected chi connectivity index (χ0v) is 16.4. The Balaban J connectivity index is 2.35. The van der Waals surface area contributed by atoms with Gasteiger partial charge in [-0.2, -0.15) is 0 Å². The molecule has 0 spiro atoms. The molecule has 27 heavy (non-hydrogen) atoms. The normalized spacial score (nSPS) is 10.6. The van der Waals surface area contributed by atoms with Gasteiger partial charge in [0.05, 0.1) is 5.69 Å². The summed E-state index contributed by atoms with van der Waals surface area (Å²) in [6.45, 7) is 0. The van der Waals surface area contributed by atoms with Crippen LogP contribution in [0.2, 0.25) is 0 Å². The first-order chi connectivity index (χ1) is 12.8. The lowest BCUT2D eigenvalue weighted by Gasteiger charge is -2.23. The fourth-order valence-corrected chi connectivity index (χ4v) is 4.40. The Morgan fingerprint density at radius 3 is 2.04 bits per heavy atom. The third-order valence-corrected chi connectivity index (χ3v) is 6.04. The molecule has 2 aromatic carbocycles. The van der Waals surface area contributed by atoms with E-state index in [0.717, 1.165) is 33.3 Å². The van der Waals surface area contributed by atoms with E-state index in [1.807, 2.05) is 0 Å². The zero-order valence-electron chi connectivity index (χ0n) is 13.9. The fraction of sp³-hybridized carbons (Fsp3) is 0.125. The van der Waals surface area contributed by atoms with Gasteiger partial charge in [0.25, 0.3) is 0 Å². The SMILES string of the molecule is N=C(N)SCc1cc(F)ccc1Sc1ccc(N([O-])O)cc1CSC(=N)N. The van der Waals surface area contributed by atoms with Gasteiger partial charge in [0.15, 0.2) is 10.3 Å². The number of hydrogen-bond acceptors (Lipinski definition) is 8. The molecule has 0 saturated carbocycles. The number of hydrogen-bond donors (Lipinski definition) is 5. The van der Waals surface area contributed by atoms with Gasteiger partial charge in [-0.25, -0.2) is 4.39 Å². The van der Waals surface area contributed by atoms with Crippen LogP contribution >= 0.6 is 35.3 Å². The van der Waals surface area contributed by atoms with Crippen LogP contribution in [0.3, 0.4) is 0 Å². The monoisotopic (exact) mass is 426 g/mol. The van der Waals surface area contributed by atoms with Crippen molar-refractivity contribution in [2.24, 2.45) is 11.5 Å². The first-order valence-electron chi connectivity index (χ1n) is 7.45. The van der Waals surface area contributed by atoms with E-state index in [1.165, 1.54) is 36.0 Å². The molecule has 0 amide bonds. The minimum atomic E-state index is -0.386. The van der Waals surface area contributed by atoms with Crippen molar-refractivity contribution >= 4 is 51.3 Å². The van der Waals surface area contributed by atoms with Crippen LogP contribution in [0.4, 0.5) is 10.1 Å². The molecule has 0 atom stereocenters. The molecule has 0 aromatic heterocycles. The third-order valence-electron chi connectivity index (χ3n) is 3.27. The molecule has 7 nitrogen and oxygen atoms in total. The van der Waals surface area contributed by atoms with Gasteiger partial charge in [-0.3, -0.25) is 16.0 Å². The number of benzene rings is 2. The van der Waals surface area contributed by atoms with Crippen molar-refractivity contribution < 1.29 is 9.60 Å². The van der Waals surface area contributed by atoms with Crippen molar-refractivity contribution in [3.05, 3.63) is 58.5 Å². The van der Waals surface area contributed by atoms with Crippen LogP contribution in [0.25, 0.3) is 0 Å². The molecule has 0 bridgehead atoms. The van der Waals surface area contributed by atoms with Gasteiger partial charge in [-0.05, 0) is 47.5 Å². The number of thioether (sulfide) groups is 2. The maximum Gasteiger partial charge on any atom is 0.151 e. The highest BCUT2D eigenvalue weighted by molar-refractivity contribution is 8.13. The molecule has 0 fully saturated rings. The first-order valence-corrected chi connectivity index (χ1v) is 10.2. The summed E-state index contributed by atoms with van der Waals surface area (Å²) in [6.07, 6.45) is 0. The van der Waals surface area contributed by atoms with Gasteiger partial charge < -0.3 is 21.9 Å². The number of halogens is 1. The summed E-state index contributed by atoms with van der Waals surface area (Å²) in [5.74, 6) is 0.289. The van der Waals surface area contributed by atoms with Crippen molar-refractivity contribution in [3.63, 3.8) is 0 Å². The van der Waals surface area contributed by atoms with E-state index in [0.29, 0.717) is 22.6 Å². The van der Waals surface area contributed by atoms with Gasteiger partial charge in [0, 0.05) is 21.3 Å². The summed E-state index contributed by atoms with van der Waals surface area (Å²) in [5, 5.41) is 34.6. The van der Waals surface area contributed by atoms with Crippen LogP contribution in [-0.4, -0.2) is 15.5 Å². The second-order valence-corrected chi connectivity index (χ2v) is 8.34. The number of amidine groups is 2. The third kappa shape index (κ3) is 6.63. The van der Waals surface area contributed by atoms with Crippen molar-refractivity contribution in [2.45, 2.75) is 21.3 Å². The molecule has 11 heteroatoms. The van der Waals surface area contributed by atoms with Crippen molar-refractivity contribution in [2.75, 3.05) is 5.23 Å². The molecule has 2 rings (SSSR count). The van der Waals surface area contributed by atoms with Gasteiger partial charge in [-0.1, -0.05) is 35.3 Å². The maximum atomic E-state index is 13.6. The predicted octanol–water partition coefficient (Wildman–Crippen LogP) is 3.92. The standard InChI is InChI=1S/C16H17FN5O2S3/c17-11-1-3-13(9(5-11)7-25-15(18)19)27-14-4-2-12(22(23)24)6-10(14)8-26-16(20)21/h1-6,23H,7-8H2,(H3,18,19)(H3,20,21)/q-1. The smallest absolute Gasteiger partial charge is 0.151 e. The molecule has 0 heterocycles. The van der Waals surface area contributed by atoms with Crippen molar-refractivity contribution in [1.82, 2.24) is 0 Å². The molecule has 0 aliphatic carbocycles. The Kier molecular flexibility index (Phi) is 7.80. The fourth-order valence-electron chi connectivity index (χ4n) is 2.09. The number of nitrogens with zero attached hydrogens (tertiary/aromatic N) is 1. The van der Waals surface area contributed by atoms with Gasteiger partial charge >= 0.3 is 0 Å². The number of nitrogens with two attached hydrogens (primary N) is 2. The molecule has 144 valence electrons. The molecule has 2 aromatic rings. The molecule has 0 aliphatic heterocycles. The quantitative estimate of drug-likeness (QED) is 0.254. The van der Waals surface area contributed by atoms with E-state index in [-0.39, 0.29) is 27.1 Å². The summed E-state index contributed by atoms with van der Waals surface area (Å²) >= 11 is 3.54. The van der Waals surface area contributed by atoms with Crippen LogP contribution in [0, 0.1) is 21.8 Å². The Morgan fingerprint density at radius 2 is 1.52 bits per heavy atom. The minimum absolute atomic E-state index is 0.0587. The Labute approximate surface area is 168 Å². The lowest BCUT2D eigenvalue weighted by Crippen LogP contribution is -2.08. The zero-order chi connectivity index (χ0) is 20.0. The second kappa shape index (κ2) is 9.85. The van der Waals surface area contributed by atoms with Crippen LogP contribution in [0.5, 0.6) is 0 Å². The number of nitrogens with one attached hydrogen (secondary N) is 2. The highest BCUT2D eigenvalue weighted by atomic mass is 32.2. The van der Waals surface area contributed by atoms with Crippen molar-refractivity contribution in [1.29, 1.82) is 10.8 Å². The first kappa shape index (κ1) is 21.4. The van der Waals surface area contributed by atoms with Crippen LogP contribution in [0.1, 0.15) is 11.1 Å². The van der Waals surface area contributed by atoms with E-state index < -0.39 is 0 Å². The second-order valence-electron chi connectivity index (χ2n) is 5.22. The van der Waals surface area contributed by atoms with Gasteiger partial charge in [0.2, 0.25) is 0 Å². The number of rotatable bonds is 7. The molecule has 0 radical (unpaired) electrons. The van der Waals surface area contributed by atoms with E-state index in [9.17, 15) is 9.60 Å². The summed E-state index contributed by atoms with van der Waals surface area (Å²) < 4.78 is 13.6. The Bertz CT molecular complexity index is 851. The van der Waals surface area contributed by atoms with E-state index in [2.05, 4.69) is 0 Å². The molecule has 0 saturated heterocycles. The summed E-state index contributed by atoms with van der Waals surface area (Å²) in [6, 6.07) is 9.02. The van der Waals surface area contributed by atoms with Crippen molar-refractivity contribution in [3.8, 4) is 0 Å². The maximum absolute atomic E-state index is 13.6. The topological polar surface area (TPSA) is 146 Å². The molecule has 7 N–H and O–H groups in total. The lowest BCUT2D eigenvalue weighted by molar-refractivity contribution is 0.296. The lowest BCUT2D eigenvalue weighted by atomic mass is 10.2. The molecule has 0 aliphatic rings. The van der Waals surface area contributed by atoms with E-state index >= 15 is 0 Å². The van der Waals surface area contributed by atoms with Crippen LogP contribution in [0.15, 0.2) is 46.2 Å². The molecular formula is C16H17FN5O2S3-. The minimum Gasteiger partial charge on any atom is -0.733 e. The Hall–Kier alpha value is -1.92. The van der Waals surface area contributed by atoms with Crippen LogP contribution in [-0.2, 0) is 11.5 Å². The average Bonchev–Trinajstić information content (AvgIpc) is 2.60. The van der Waals surface area contributed by atoms with Crippen LogP contribution < -0.4 is 16.7 Å². The Morgan fingerprint density at radius 1 is 1.00 bits per heavy atom. The van der Waals surface area contributed by atoms with E-state index in [4.69, 9.17) is 27.5 Å². The van der Waals surface area contributed by atoms with E-state index in [1.54, 1.807) is 12.1 Å². The van der Waals surface area contributed by atoms with Gasteiger partial charge in [-0.15, -0.1) is 0 Å². The predicted molar refractivity (Wildman–Crippen MR) is 111 cm³/mol. The summed E-state index contributed by atoms with van der Waals surface area (Å²) in [4.78, 5) is 1.55. The largest absolute Gasteiger partial charge is 0.733 e. The summed E-state index contributed by atoms with van der Waals surface area (Å²) in [5.41, 5.74) is 12.2. The molecule has 0 unspecified atom stereocenters. The molecular weight excluding hydrogens is 409 g/mol.